The molecule has 4 rings (SSSR count). The van der Waals surface area contributed by atoms with E-state index in [-0.39, 0.29) is 11.6 Å². The second-order valence-corrected chi connectivity index (χ2v) is 7.09. The Hall–Kier alpha value is -2.14. The van der Waals surface area contributed by atoms with Gasteiger partial charge in [-0.15, -0.1) is 0 Å². The monoisotopic (exact) mass is 339 g/mol. The minimum absolute atomic E-state index is 0.0118. The highest BCUT2D eigenvalue weighted by Crippen LogP contribution is 2.33. The zero-order chi connectivity index (χ0) is 17.1. The summed E-state index contributed by atoms with van der Waals surface area (Å²) < 4.78 is 7.41. The molecule has 0 saturated heterocycles. The summed E-state index contributed by atoms with van der Waals surface area (Å²) in [4.78, 5) is 11.9. The number of aromatic nitrogens is 2. The maximum Gasteiger partial charge on any atom is 0.266 e. The molecule has 0 spiro atoms. The van der Waals surface area contributed by atoms with Gasteiger partial charge < -0.3 is 10.1 Å². The lowest BCUT2D eigenvalue weighted by Crippen LogP contribution is -2.38. The Morgan fingerprint density at radius 1 is 1.08 bits per heavy atom. The first-order valence-electron chi connectivity index (χ1n) is 9.30. The van der Waals surface area contributed by atoms with Crippen LogP contribution in [-0.2, 0) is 0 Å². The van der Waals surface area contributed by atoms with Crippen LogP contribution >= 0.6 is 0 Å². The van der Waals surface area contributed by atoms with E-state index >= 15 is 0 Å². The first-order valence-corrected chi connectivity index (χ1v) is 9.30. The fourth-order valence-corrected chi connectivity index (χ4v) is 4.10. The average molecular weight is 339 g/mol. The largest absolute Gasteiger partial charge is 0.493 e. The molecular formula is C20H25N3O2. The number of nitrogens with zero attached hydrogens (tertiary/aromatic N) is 2. The van der Waals surface area contributed by atoms with E-state index in [1.54, 1.807) is 23.0 Å². The van der Waals surface area contributed by atoms with Crippen molar-refractivity contribution in [2.45, 2.75) is 50.1 Å². The summed E-state index contributed by atoms with van der Waals surface area (Å²) in [7, 11) is 0. The Kier molecular flexibility index (Phi) is 4.83. The van der Waals surface area contributed by atoms with Crippen LogP contribution in [0.25, 0.3) is 0 Å². The molecule has 1 aromatic carbocycles. The van der Waals surface area contributed by atoms with Crippen molar-refractivity contribution in [3.8, 4) is 5.75 Å². The maximum atomic E-state index is 11.9. The van der Waals surface area contributed by atoms with Crippen LogP contribution in [0.15, 0.2) is 47.4 Å². The highest BCUT2D eigenvalue weighted by Gasteiger charge is 2.26. The quantitative estimate of drug-likeness (QED) is 0.931. The van der Waals surface area contributed by atoms with Crippen LogP contribution in [0.1, 0.15) is 49.6 Å². The molecular weight excluding hydrogens is 314 g/mol. The zero-order valence-corrected chi connectivity index (χ0v) is 14.4. The first kappa shape index (κ1) is 16.3. The van der Waals surface area contributed by atoms with E-state index in [4.69, 9.17) is 4.74 Å². The average Bonchev–Trinajstić information content (AvgIpc) is 2.67. The molecule has 1 unspecified atom stereocenters. The number of hydrogen-bond donors (Lipinski definition) is 1. The van der Waals surface area contributed by atoms with Crippen LogP contribution in [0.4, 0.5) is 0 Å². The van der Waals surface area contributed by atoms with Crippen LogP contribution in [0.5, 0.6) is 5.75 Å². The Balaban J connectivity index is 1.31. The van der Waals surface area contributed by atoms with Gasteiger partial charge in [0.1, 0.15) is 5.75 Å². The van der Waals surface area contributed by atoms with Crippen molar-refractivity contribution >= 4 is 0 Å². The molecule has 5 nitrogen and oxygen atoms in total. The molecule has 1 saturated carbocycles. The molecule has 0 radical (unpaired) electrons. The lowest BCUT2D eigenvalue weighted by molar-refractivity contribution is 0.244. The minimum Gasteiger partial charge on any atom is -0.493 e. The molecule has 1 aromatic heterocycles. The maximum absolute atomic E-state index is 11.9. The van der Waals surface area contributed by atoms with Crippen molar-refractivity contribution in [1.29, 1.82) is 0 Å². The van der Waals surface area contributed by atoms with Gasteiger partial charge >= 0.3 is 0 Å². The van der Waals surface area contributed by atoms with Gasteiger partial charge in [0.15, 0.2) is 0 Å². The van der Waals surface area contributed by atoms with E-state index in [0.29, 0.717) is 12.0 Å². The van der Waals surface area contributed by atoms with Gasteiger partial charge in [-0.2, -0.15) is 5.10 Å². The molecule has 1 N–H and O–H groups in total. The van der Waals surface area contributed by atoms with E-state index in [9.17, 15) is 4.79 Å². The van der Waals surface area contributed by atoms with Crippen LogP contribution in [-0.4, -0.2) is 29.0 Å². The molecule has 2 aliphatic rings. The molecule has 0 amide bonds. The molecule has 2 aromatic rings. The molecule has 5 heteroatoms. The van der Waals surface area contributed by atoms with E-state index < -0.39 is 0 Å². The van der Waals surface area contributed by atoms with Crippen LogP contribution in [0.2, 0.25) is 0 Å². The van der Waals surface area contributed by atoms with Gasteiger partial charge in [0, 0.05) is 30.8 Å². The molecule has 1 aliphatic heterocycles. The third-order valence-corrected chi connectivity index (χ3v) is 5.52. The van der Waals surface area contributed by atoms with Crippen molar-refractivity contribution in [3.63, 3.8) is 0 Å². The van der Waals surface area contributed by atoms with Gasteiger partial charge in [0.05, 0.1) is 12.6 Å². The van der Waals surface area contributed by atoms with E-state index in [0.717, 1.165) is 51.0 Å². The SMILES string of the molecule is O=c1cccnn1C1CCC(NCC2CCOc3ccccc32)CC1. The summed E-state index contributed by atoms with van der Waals surface area (Å²) in [6.07, 6.45) is 6.99. The van der Waals surface area contributed by atoms with Crippen molar-refractivity contribution in [2.24, 2.45) is 0 Å². The van der Waals surface area contributed by atoms with Gasteiger partial charge in [-0.3, -0.25) is 4.79 Å². The van der Waals surface area contributed by atoms with Crippen LogP contribution in [0.3, 0.4) is 0 Å². The molecule has 1 fully saturated rings. The van der Waals surface area contributed by atoms with Crippen molar-refractivity contribution < 1.29 is 4.74 Å². The van der Waals surface area contributed by atoms with Crippen molar-refractivity contribution in [3.05, 3.63) is 58.5 Å². The van der Waals surface area contributed by atoms with Gasteiger partial charge in [-0.05, 0) is 49.8 Å². The lowest BCUT2D eigenvalue weighted by atomic mass is 9.89. The molecule has 1 aliphatic carbocycles. The Labute approximate surface area is 148 Å². The van der Waals surface area contributed by atoms with Gasteiger partial charge in [0.25, 0.3) is 5.56 Å². The second kappa shape index (κ2) is 7.40. The van der Waals surface area contributed by atoms with Gasteiger partial charge in [-0.1, -0.05) is 18.2 Å². The highest BCUT2D eigenvalue weighted by molar-refractivity contribution is 5.37. The second-order valence-electron chi connectivity index (χ2n) is 7.09. The smallest absolute Gasteiger partial charge is 0.266 e. The summed E-state index contributed by atoms with van der Waals surface area (Å²) in [6.45, 7) is 1.80. The normalized spacial score (nSPS) is 25.8. The number of para-hydroxylation sites is 1. The number of fused-ring (bicyclic) bond motifs is 1. The standard InChI is InChI=1S/C20H25N3O2/c24-20-6-3-12-22-23(20)17-9-7-16(8-10-17)21-14-15-11-13-25-19-5-2-1-4-18(15)19/h1-6,12,15-17,21H,7-11,13-14H2. The van der Waals surface area contributed by atoms with Crippen molar-refractivity contribution in [2.75, 3.05) is 13.2 Å². The summed E-state index contributed by atoms with van der Waals surface area (Å²) in [6, 6.07) is 12.5. The third-order valence-electron chi connectivity index (χ3n) is 5.52. The Bertz CT molecular complexity index is 765. The van der Waals surface area contributed by atoms with Gasteiger partial charge in [0.2, 0.25) is 0 Å². The minimum atomic E-state index is 0.0118. The number of hydrogen-bond acceptors (Lipinski definition) is 4. The number of nitrogens with one attached hydrogen (secondary N) is 1. The molecule has 1 atom stereocenters. The first-order chi connectivity index (χ1) is 12.3. The zero-order valence-electron chi connectivity index (χ0n) is 14.4. The fraction of sp³-hybridized carbons (Fsp3) is 0.500. The summed E-state index contributed by atoms with van der Waals surface area (Å²) in [5.41, 5.74) is 1.34. The number of ether oxygens (including phenoxy) is 1. The fourth-order valence-electron chi connectivity index (χ4n) is 4.10. The molecule has 0 bridgehead atoms. The summed E-state index contributed by atoms with van der Waals surface area (Å²) >= 11 is 0. The predicted molar refractivity (Wildman–Crippen MR) is 97.1 cm³/mol. The summed E-state index contributed by atoms with van der Waals surface area (Å²) in [5.74, 6) is 1.57. The molecule has 2 heterocycles. The topological polar surface area (TPSA) is 56.2 Å². The van der Waals surface area contributed by atoms with Crippen LogP contribution < -0.4 is 15.6 Å². The Morgan fingerprint density at radius 2 is 1.92 bits per heavy atom. The predicted octanol–water partition coefficient (Wildman–Crippen LogP) is 2.88. The lowest BCUT2D eigenvalue weighted by Gasteiger charge is -2.32. The number of benzene rings is 1. The van der Waals surface area contributed by atoms with Crippen LogP contribution in [0, 0.1) is 0 Å². The van der Waals surface area contributed by atoms with Crippen molar-refractivity contribution in [1.82, 2.24) is 15.1 Å². The molecule has 25 heavy (non-hydrogen) atoms. The van der Waals surface area contributed by atoms with E-state index in [1.807, 2.05) is 6.07 Å². The summed E-state index contributed by atoms with van der Waals surface area (Å²) in [5, 5.41) is 8.00. The Morgan fingerprint density at radius 3 is 2.76 bits per heavy atom. The van der Waals surface area contributed by atoms with E-state index in [2.05, 4.69) is 28.6 Å². The highest BCUT2D eigenvalue weighted by atomic mass is 16.5. The number of rotatable bonds is 4. The third kappa shape index (κ3) is 3.61. The van der Waals surface area contributed by atoms with Gasteiger partial charge in [-0.25, -0.2) is 4.68 Å². The van der Waals surface area contributed by atoms with E-state index in [1.165, 1.54) is 5.56 Å². The molecule has 132 valence electrons.